The van der Waals surface area contributed by atoms with E-state index in [9.17, 15) is 8.42 Å². The number of rotatable bonds is 4. The van der Waals surface area contributed by atoms with Crippen molar-refractivity contribution in [2.75, 3.05) is 6.26 Å². The molecule has 0 aliphatic carbocycles. The van der Waals surface area contributed by atoms with Gasteiger partial charge < -0.3 is 4.42 Å². The van der Waals surface area contributed by atoms with Crippen LogP contribution in [0.4, 0.5) is 0 Å². The van der Waals surface area contributed by atoms with E-state index in [1.165, 1.54) is 6.26 Å². The van der Waals surface area contributed by atoms with Gasteiger partial charge >= 0.3 is 0 Å². The van der Waals surface area contributed by atoms with Gasteiger partial charge in [0.15, 0.2) is 0 Å². The zero-order valence-corrected chi connectivity index (χ0v) is 10.1. The van der Waals surface area contributed by atoms with E-state index in [0.29, 0.717) is 5.76 Å². The molecule has 0 bridgehead atoms. The van der Waals surface area contributed by atoms with E-state index >= 15 is 0 Å². The summed E-state index contributed by atoms with van der Waals surface area (Å²) in [5, 5.41) is 0. The van der Waals surface area contributed by atoms with Crippen molar-refractivity contribution in [3.8, 4) is 0 Å². The molecule has 5 heteroatoms. The smallest absolute Gasteiger partial charge is 0.209 e. The van der Waals surface area contributed by atoms with Crippen LogP contribution in [0, 0.1) is 0 Å². The Morgan fingerprint density at radius 1 is 1.12 bits per heavy atom. The van der Waals surface area contributed by atoms with Crippen molar-refractivity contribution in [1.29, 1.82) is 0 Å². The highest BCUT2D eigenvalue weighted by molar-refractivity contribution is 7.88. The quantitative estimate of drug-likeness (QED) is 0.903. The van der Waals surface area contributed by atoms with Crippen molar-refractivity contribution < 1.29 is 12.8 Å². The van der Waals surface area contributed by atoms with Crippen LogP contribution in [0.15, 0.2) is 53.1 Å². The lowest BCUT2D eigenvalue weighted by Gasteiger charge is -2.15. The normalized spacial score (nSPS) is 13.5. The maximum atomic E-state index is 11.4. The average Bonchev–Trinajstić information content (AvgIpc) is 2.79. The molecule has 0 saturated carbocycles. The number of hydrogen-bond donors (Lipinski definition) is 1. The third kappa shape index (κ3) is 3.18. The first kappa shape index (κ1) is 11.9. The van der Waals surface area contributed by atoms with Crippen molar-refractivity contribution >= 4 is 10.0 Å². The number of furan rings is 1. The standard InChI is InChI=1S/C12H13NO3S/c1-17(14,15)13-12(11-8-5-9-16-11)10-6-3-2-4-7-10/h2-9,12-13H,1H3. The van der Waals surface area contributed by atoms with Gasteiger partial charge in [-0.15, -0.1) is 0 Å². The first-order chi connectivity index (χ1) is 8.06. The molecule has 2 rings (SSSR count). The molecule has 1 N–H and O–H groups in total. The van der Waals surface area contributed by atoms with Crippen molar-refractivity contribution in [2.24, 2.45) is 0 Å². The zero-order chi connectivity index (χ0) is 12.3. The van der Waals surface area contributed by atoms with Crippen LogP contribution in [0.1, 0.15) is 17.4 Å². The van der Waals surface area contributed by atoms with Gasteiger partial charge in [0.2, 0.25) is 10.0 Å². The highest BCUT2D eigenvalue weighted by Crippen LogP contribution is 2.22. The Kier molecular flexibility index (Phi) is 3.31. The minimum Gasteiger partial charge on any atom is -0.467 e. The molecule has 90 valence electrons. The molecular weight excluding hydrogens is 238 g/mol. The molecule has 17 heavy (non-hydrogen) atoms. The van der Waals surface area contributed by atoms with Crippen LogP contribution >= 0.6 is 0 Å². The predicted molar refractivity (Wildman–Crippen MR) is 65.0 cm³/mol. The van der Waals surface area contributed by atoms with E-state index in [2.05, 4.69) is 4.72 Å². The number of sulfonamides is 1. The van der Waals surface area contributed by atoms with Crippen molar-refractivity contribution in [3.05, 3.63) is 60.1 Å². The highest BCUT2D eigenvalue weighted by Gasteiger charge is 2.20. The second-order valence-corrected chi connectivity index (χ2v) is 5.53. The van der Waals surface area contributed by atoms with Gasteiger partial charge in [-0.1, -0.05) is 30.3 Å². The molecule has 0 radical (unpaired) electrons. The highest BCUT2D eigenvalue weighted by atomic mass is 32.2. The largest absolute Gasteiger partial charge is 0.467 e. The first-order valence-electron chi connectivity index (χ1n) is 5.12. The van der Waals surface area contributed by atoms with E-state index in [-0.39, 0.29) is 0 Å². The molecule has 0 spiro atoms. The minimum atomic E-state index is -3.31. The number of nitrogens with one attached hydrogen (secondary N) is 1. The molecule has 0 saturated heterocycles. The summed E-state index contributed by atoms with van der Waals surface area (Å²) in [7, 11) is -3.31. The van der Waals surface area contributed by atoms with Crippen LogP contribution in [0.3, 0.4) is 0 Å². The summed E-state index contributed by atoms with van der Waals surface area (Å²) in [6, 6.07) is 12.3. The molecule has 0 aliphatic rings. The molecule has 0 amide bonds. The number of hydrogen-bond acceptors (Lipinski definition) is 3. The minimum absolute atomic E-state index is 0.485. The second kappa shape index (κ2) is 4.73. The Hall–Kier alpha value is -1.59. The average molecular weight is 251 g/mol. The lowest BCUT2D eigenvalue weighted by molar-refractivity contribution is 0.472. The van der Waals surface area contributed by atoms with Crippen LogP contribution in [-0.2, 0) is 10.0 Å². The van der Waals surface area contributed by atoms with Gasteiger partial charge in [-0.3, -0.25) is 0 Å². The van der Waals surface area contributed by atoms with E-state index in [1.54, 1.807) is 12.1 Å². The third-order valence-corrected chi connectivity index (χ3v) is 2.96. The fourth-order valence-corrected chi connectivity index (χ4v) is 2.29. The van der Waals surface area contributed by atoms with Crippen LogP contribution in [-0.4, -0.2) is 14.7 Å². The summed E-state index contributed by atoms with van der Waals surface area (Å²) in [5.74, 6) is 0.571. The fourth-order valence-electron chi connectivity index (χ4n) is 1.61. The Bertz CT molecular complexity index is 561. The van der Waals surface area contributed by atoms with Crippen molar-refractivity contribution in [2.45, 2.75) is 6.04 Å². The van der Waals surface area contributed by atoms with Gasteiger partial charge in [-0.2, -0.15) is 0 Å². The summed E-state index contributed by atoms with van der Waals surface area (Å²) >= 11 is 0. The van der Waals surface area contributed by atoms with Crippen molar-refractivity contribution in [3.63, 3.8) is 0 Å². The first-order valence-corrected chi connectivity index (χ1v) is 7.01. The van der Waals surface area contributed by atoms with Gasteiger partial charge in [-0.25, -0.2) is 13.1 Å². The van der Waals surface area contributed by atoms with Crippen LogP contribution in [0.25, 0.3) is 0 Å². The molecule has 1 aromatic heterocycles. The summed E-state index contributed by atoms with van der Waals surface area (Å²) in [6.45, 7) is 0. The monoisotopic (exact) mass is 251 g/mol. The van der Waals surface area contributed by atoms with E-state index in [4.69, 9.17) is 4.42 Å². The second-order valence-electron chi connectivity index (χ2n) is 3.75. The maximum absolute atomic E-state index is 11.4. The Labute approximate surface area is 100 Å². The number of benzene rings is 1. The summed E-state index contributed by atoms with van der Waals surface area (Å²) in [6.07, 6.45) is 2.65. The Morgan fingerprint density at radius 3 is 2.35 bits per heavy atom. The molecule has 1 atom stereocenters. The summed E-state index contributed by atoms with van der Waals surface area (Å²) in [5.41, 5.74) is 0.841. The molecule has 1 unspecified atom stereocenters. The Morgan fingerprint density at radius 2 is 1.82 bits per heavy atom. The van der Waals surface area contributed by atoms with E-state index < -0.39 is 16.1 Å². The molecule has 4 nitrogen and oxygen atoms in total. The lowest BCUT2D eigenvalue weighted by Crippen LogP contribution is -2.27. The SMILES string of the molecule is CS(=O)(=O)NC(c1ccccc1)c1ccco1. The van der Waals surface area contributed by atoms with E-state index in [1.807, 2.05) is 30.3 Å². The summed E-state index contributed by atoms with van der Waals surface area (Å²) in [4.78, 5) is 0. The van der Waals surface area contributed by atoms with Gasteiger partial charge in [-0.05, 0) is 17.7 Å². The van der Waals surface area contributed by atoms with Crippen LogP contribution < -0.4 is 4.72 Å². The lowest BCUT2D eigenvalue weighted by atomic mass is 10.1. The predicted octanol–water partition coefficient (Wildman–Crippen LogP) is 1.92. The fraction of sp³-hybridized carbons (Fsp3) is 0.167. The Balaban J connectivity index is 2.38. The zero-order valence-electron chi connectivity index (χ0n) is 9.33. The molecule has 0 fully saturated rings. The van der Waals surface area contributed by atoms with Gasteiger partial charge in [0.1, 0.15) is 11.8 Å². The maximum Gasteiger partial charge on any atom is 0.209 e. The molecule has 1 heterocycles. The molecular formula is C12H13NO3S. The third-order valence-electron chi connectivity index (χ3n) is 2.29. The van der Waals surface area contributed by atoms with E-state index in [0.717, 1.165) is 11.8 Å². The molecule has 0 aliphatic heterocycles. The molecule has 2 aromatic rings. The van der Waals surface area contributed by atoms with Gasteiger partial charge in [0.05, 0.1) is 12.5 Å². The van der Waals surface area contributed by atoms with Gasteiger partial charge in [0, 0.05) is 0 Å². The molecule has 1 aromatic carbocycles. The van der Waals surface area contributed by atoms with Gasteiger partial charge in [0.25, 0.3) is 0 Å². The van der Waals surface area contributed by atoms with Crippen LogP contribution in [0.2, 0.25) is 0 Å². The topological polar surface area (TPSA) is 59.3 Å². The van der Waals surface area contributed by atoms with Crippen molar-refractivity contribution in [1.82, 2.24) is 4.72 Å². The summed E-state index contributed by atoms with van der Waals surface area (Å²) < 4.78 is 30.5. The van der Waals surface area contributed by atoms with Crippen LogP contribution in [0.5, 0.6) is 0 Å².